The predicted molar refractivity (Wildman–Crippen MR) is 78.6 cm³/mol. The zero-order chi connectivity index (χ0) is 14.4. The van der Waals surface area contributed by atoms with E-state index in [2.05, 4.69) is 0 Å². The molecule has 1 fully saturated rings. The Kier molecular flexibility index (Phi) is 2.66. The predicted octanol–water partition coefficient (Wildman–Crippen LogP) is 3.33. The van der Waals surface area contributed by atoms with Crippen LogP contribution in [0.15, 0.2) is 48.5 Å². The third-order valence-corrected chi connectivity index (χ3v) is 4.53. The lowest BCUT2D eigenvalue weighted by atomic mass is 9.79. The molecular weight excluding hydrogens is 264 g/mol. The first-order valence-electron chi connectivity index (χ1n) is 7.19. The van der Waals surface area contributed by atoms with Crippen molar-refractivity contribution in [2.24, 2.45) is 0 Å². The second kappa shape index (κ2) is 4.43. The number of aryl methyl sites for hydroxylation is 1. The van der Waals surface area contributed by atoms with Gasteiger partial charge in [0, 0.05) is 5.56 Å². The summed E-state index contributed by atoms with van der Waals surface area (Å²) in [6.07, 6.45) is 1.54. The van der Waals surface area contributed by atoms with Crippen LogP contribution in [0.25, 0.3) is 0 Å². The lowest BCUT2D eigenvalue weighted by molar-refractivity contribution is 0.0850. The Hall–Kier alpha value is -2.13. The van der Waals surface area contributed by atoms with Gasteiger partial charge in [-0.05, 0) is 36.1 Å². The average Bonchev–Trinajstić information content (AvgIpc) is 3.27. The summed E-state index contributed by atoms with van der Waals surface area (Å²) in [6, 6.07) is 15.6. The minimum Gasteiger partial charge on any atom is -0.497 e. The monoisotopic (exact) mass is 280 g/mol. The molecule has 0 bridgehead atoms. The number of Topliss-reactive ketones (excluding diaryl/α,β-unsaturated/α-hetero) is 1. The number of methoxy groups -OCH3 is 1. The van der Waals surface area contributed by atoms with E-state index in [1.807, 2.05) is 48.5 Å². The fraction of sp³-hybridized carbons (Fsp3) is 0.278. The molecule has 4 rings (SSSR count). The maximum absolute atomic E-state index is 12.8. The molecule has 2 aromatic rings. The quantitative estimate of drug-likeness (QED) is 0.792. The molecule has 21 heavy (non-hydrogen) atoms. The molecule has 1 saturated heterocycles. The van der Waals surface area contributed by atoms with Gasteiger partial charge in [-0.15, -0.1) is 0 Å². The number of ether oxygens (including phenoxy) is 2. The number of fused-ring (bicyclic) bond motifs is 1. The van der Waals surface area contributed by atoms with Crippen LogP contribution in [0.2, 0.25) is 0 Å². The topological polar surface area (TPSA) is 38.8 Å². The molecule has 2 atom stereocenters. The Bertz CT molecular complexity index is 705. The first kappa shape index (κ1) is 12.6. The van der Waals surface area contributed by atoms with Crippen LogP contribution >= 0.6 is 0 Å². The zero-order valence-electron chi connectivity index (χ0n) is 11.8. The molecule has 0 unspecified atom stereocenters. The Morgan fingerprint density at radius 3 is 2.67 bits per heavy atom. The number of rotatable bonds is 2. The van der Waals surface area contributed by atoms with E-state index in [4.69, 9.17) is 9.47 Å². The van der Waals surface area contributed by atoms with Crippen molar-refractivity contribution in [3.05, 3.63) is 65.2 Å². The molecule has 2 aromatic carbocycles. The Labute approximate surface area is 123 Å². The van der Waals surface area contributed by atoms with Crippen molar-refractivity contribution in [1.82, 2.24) is 0 Å². The van der Waals surface area contributed by atoms with Crippen molar-refractivity contribution in [2.45, 2.75) is 24.5 Å². The van der Waals surface area contributed by atoms with Crippen molar-refractivity contribution in [3.63, 3.8) is 0 Å². The highest BCUT2D eigenvalue weighted by molar-refractivity contribution is 6.07. The van der Waals surface area contributed by atoms with E-state index < -0.39 is 5.60 Å². The van der Waals surface area contributed by atoms with Crippen LogP contribution in [0.5, 0.6) is 5.75 Å². The highest BCUT2D eigenvalue weighted by Gasteiger charge is 2.63. The summed E-state index contributed by atoms with van der Waals surface area (Å²) in [5.74, 6) is 0.943. The molecule has 3 heteroatoms. The minimum atomic E-state index is -0.636. The minimum absolute atomic E-state index is 0.121. The molecule has 0 radical (unpaired) electrons. The van der Waals surface area contributed by atoms with Crippen molar-refractivity contribution < 1.29 is 14.3 Å². The Morgan fingerprint density at radius 2 is 1.90 bits per heavy atom. The summed E-state index contributed by atoms with van der Waals surface area (Å²) >= 11 is 0. The van der Waals surface area contributed by atoms with Crippen LogP contribution in [0.3, 0.4) is 0 Å². The number of carbonyl (C=O) groups excluding carboxylic acids is 1. The molecule has 0 saturated carbocycles. The van der Waals surface area contributed by atoms with Crippen molar-refractivity contribution in [1.29, 1.82) is 0 Å². The Balaban J connectivity index is 1.64. The molecule has 106 valence electrons. The molecule has 1 aliphatic carbocycles. The van der Waals surface area contributed by atoms with E-state index in [1.54, 1.807) is 7.11 Å². The SMILES string of the molecule is COc1ccc([C@H]2O[C@@]23CCc2ccccc2C3=O)cc1. The molecule has 0 aromatic heterocycles. The molecule has 1 heterocycles. The smallest absolute Gasteiger partial charge is 0.198 e. The molecule has 2 aliphatic rings. The van der Waals surface area contributed by atoms with Crippen LogP contribution in [0.4, 0.5) is 0 Å². The second-order valence-electron chi connectivity index (χ2n) is 5.65. The zero-order valence-corrected chi connectivity index (χ0v) is 11.8. The van der Waals surface area contributed by atoms with Gasteiger partial charge in [0.05, 0.1) is 7.11 Å². The van der Waals surface area contributed by atoms with Gasteiger partial charge in [-0.3, -0.25) is 4.79 Å². The van der Waals surface area contributed by atoms with E-state index in [-0.39, 0.29) is 11.9 Å². The van der Waals surface area contributed by atoms with Gasteiger partial charge in [0.2, 0.25) is 0 Å². The van der Waals surface area contributed by atoms with Crippen LogP contribution in [-0.4, -0.2) is 18.5 Å². The van der Waals surface area contributed by atoms with Gasteiger partial charge in [-0.25, -0.2) is 0 Å². The molecule has 0 N–H and O–H groups in total. The van der Waals surface area contributed by atoms with Crippen molar-refractivity contribution >= 4 is 5.78 Å². The van der Waals surface area contributed by atoms with E-state index in [1.165, 1.54) is 0 Å². The normalized spacial score (nSPS) is 26.5. The van der Waals surface area contributed by atoms with E-state index in [9.17, 15) is 4.79 Å². The highest BCUT2D eigenvalue weighted by atomic mass is 16.6. The van der Waals surface area contributed by atoms with Crippen LogP contribution < -0.4 is 4.74 Å². The highest BCUT2D eigenvalue weighted by Crippen LogP contribution is 2.56. The van der Waals surface area contributed by atoms with Crippen molar-refractivity contribution in [3.8, 4) is 5.75 Å². The third kappa shape index (κ3) is 1.81. The molecule has 3 nitrogen and oxygen atoms in total. The fourth-order valence-corrected chi connectivity index (χ4v) is 3.28. The van der Waals surface area contributed by atoms with Crippen LogP contribution in [-0.2, 0) is 11.2 Å². The fourth-order valence-electron chi connectivity index (χ4n) is 3.28. The number of epoxide rings is 1. The van der Waals surface area contributed by atoms with Gasteiger partial charge < -0.3 is 9.47 Å². The summed E-state index contributed by atoms with van der Waals surface area (Å²) in [6.45, 7) is 0. The average molecular weight is 280 g/mol. The van der Waals surface area contributed by atoms with Crippen molar-refractivity contribution in [2.75, 3.05) is 7.11 Å². The standard InChI is InChI=1S/C18H16O3/c1-20-14-8-6-13(7-9-14)17-18(21-17)11-10-12-4-2-3-5-15(12)16(18)19/h2-9,17H,10-11H2,1H3/t17-,18-/m1/s1. The number of hydrogen-bond donors (Lipinski definition) is 0. The van der Waals surface area contributed by atoms with E-state index >= 15 is 0 Å². The number of carbonyl (C=O) groups is 1. The number of hydrogen-bond acceptors (Lipinski definition) is 3. The lowest BCUT2D eigenvalue weighted by Gasteiger charge is -2.20. The third-order valence-electron chi connectivity index (χ3n) is 4.53. The molecule has 1 spiro atoms. The maximum atomic E-state index is 12.8. The van der Waals surface area contributed by atoms with Gasteiger partial charge in [0.1, 0.15) is 11.9 Å². The van der Waals surface area contributed by atoms with E-state index in [0.717, 1.165) is 35.3 Å². The van der Waals surface area contributed by atoms with Gasteiger partial charge >= 0.3 is 0 Å². The van der Waals surface area contributed by atoms with E-state index in [0.29, 0.717) is 0 Å². The second-order valence-corrected chi connectivity index (χ2v) is 5.65. The first-order valence-corrected chi connectivity index (χ1v) is 7.19. The number of ketones is 1. The van der Waals surface area contributed by atoms with Crippen LogP contribution in [0.1, 0.15) is 34.0 Å². The van der Waals surface area contributed by atoms with Gasteiger partial charge in [-0.2, -0.15) is 0 Å². The molecular formula is C18H16O3. The lowest BCUT2D eigenvalue weighted by Crippen LogP contribution is -2.31. The first-order chi connectivity index (χ1) is 10.2. The summed E-state index contributed by atoms with van der Waals surface area (Å²) in [5, 5.41) is 0. The Morgan fingerprint density at radius 1 is 1.14 bits per heavy atom. The van der Waals surface area contributed by atoms with Gasteiger partial charge in [-0.1, -0.05) is 36.4 Å². The molecule has 0 amide bonds. The summed E-state index contributed by atoms with van der Waals surface area (Å²) in [5.41, 5.74) is 2.36. The van der Waals surface area contributed by atoms with Gasteiger partial charge in [0.15, 0.2) is 11.4 Å². The van der Waals surface area contributed by atoms with Gasteiger partial charge in [0.25, 0.3) is 0 Å². The summed E-state index contributed by atoms with van der Waals surface area (Å²) < 4.78 is 11.0. The molecule has 1 aliphatic heterocycles. The number of benzene rings is 2. The summed E-state index contributed by atoms with van der Waals surface area (Å²) in [7, 11) is 1.64. The summed E-state index contributed by atoms with van der Waals surface area (Å²) in [4.78, 5) is 12.8. The largest absolute Gasteiger partial charge is 0.497 e. The maximum Gasteiger partial charge on any atom is 0.198 e. The van der Waals surface area contributed by atoms with Crippen LogP contribution in [0, 0.1) is 0 Å².